The molecular weight excluding hydrogens is 282 g/mol. The van der Waals surface area contributed by atoms with Gasteiger partial charge in [0, 0.05) is 11.9 Å². The largest absolute Gasteiger partial charge is 0.378 e. The Morgan fingerprint density at radius 2 is 1.93 bits per heavy atom. The summed E-state index contributed by atoms with van der Waals surface area (Å²) in [5.41, 5.74) is 0. The molecule has 0 amide bonds. The first kappa shape index (κ1) is 15.3. The molecule has 1 N–H and O–H groups in total. The zero-order valence-corrected chi connectivity index (χ0v) is 11.9. The number of alkyl halides is 1. The van der Waals surface area contributed by atoms with E-state index in [1.165, 1.54) is 0 Å². The van der Waals surface area contributed by atoms with Gasteiger partial charge in [-0.2, -0.15) is 0 Å². The lowest BCUT2D eigenvalue weighted by atomic mass is 10.2. The van der Waals surface area contributed by atoms with Crippen molar-refractivity contribution in [3.8, 4) is 0 Å². The van der Waals surface area contributed by atoms with Gasteiger partial charge in [0.2, 0.25) is 10.0 Å². The van der Waals surface area contributed by atoms with Crippen molar-refractivity contribution in [1.29, 1.82) is 0 Å². The van der Waals surface area contributed by atoms with Crippen LogP contribution >= 0.6 is 15.9 Å². The number of hydrogen-bond acceptors (Lipinski definition) is 3. The molecule has 92 valence electrons. The first-order valence-corrected chi connectivity index (χ1v) is 7.79. The van der Waals surface area contributed by atoms with E-state index in [1.807, 2.05) is 20.8 Å². The number of nitrogens with one attached hydrogen (secondary N) is 1. The summed E-state index contributed by atoms with van der Waals surface area (Å²) in [7, 11) is -3.18. The molecule has 0 aromatic heterocycles. The van der Waals surface area contributed by atoms with Crippen molar-refractivity contribution in [2.24, 2.45) is 5.92 Å². The van der Waals surface area contributed by atoms with Crippen LogP contribution in [0.5, 0.6) is 0 Å². The van der Waals surface area contributed by atoms with Crippen molar-refractivity contribution in [3.63, 3.8) is 0 Å². The van der Waals surface area contributed by atoms with Gasteiger partial charge in [0.25, 0.3) is 0 Å². The molecule has 0 aliphatic heterocycles. The van der Waals surface area contributed by atoms with Gasteiger partial charge in [-0.3, -0.25) is 0 Å². The summed E-state index contributed by atoms with van der Waals surface area (Å²) >= 11 is 3.29. The lowest BCUT2D eigenvalue weighted by molar-refractivity contribution is 0.0911. The third-order valence-corrected chi connectivity index (χ3v) is 4.13. The topological polar surface area (TPSA) is 55.4 Å². The number of ether oxygens (including phenoxy) is 1. The smallest absolute Gasteiger partial charge is 0.213 e. The molecule has 0 bridgehead atoms. The Bertz CT molecular complexity index is 254. The van der Waals surface area contributed by atoms with E-state index in [0.717, 1.165) is 5.33 Å². The van der Waals surface area contributed by atoms with Crippen LogP contribution in [0.2, 0.25) is 0 Å². The van der Waals surface area contributed by atoms with E-state index in [-0.39, 0.29) is 18.5 Å². The Morgan fingerprint density at radius 1 is 1.33 bits per heavy atom. The maximum atomic E-state index is 11.4. The zero-order valence-electron chi connectivity index (χ0n) is 9.49. The molecule has 0 aromatic carbocycles. The maximum Gasteiger partial charge on any atom is 0.213 e. The second-order valence-corrected chi connectivity index (χ2v) is 6.42. The monoisotopic (exact) mass is 301 g/mol. The van der Waals surface area contributed by atoms with Crippen molar-refractivity contribution >= 4 is 26.0 Å². The minimum absolute atomic E-state index is 0.0280. The molecule has 0 radical (unpaired) electrons. The first-order chi connectivity index (χ1) is 6.87. The Labute approximate surface area is 101 Å². The van der Waals surface area contributed by atoms with Crippen LogP contribution in [0.3, 0.4) is 0 Å². The fraction of sp³-hybridized carbons (Fsp3) is 1.00. The molecule has 0 saturated heterocycles. The summed E-state index contributed by atoms with van der Waals surface area (Å²) in [5.74, 6) is 0.325. The van der Waals surface area contributed by atoms with Crippen molar-refractivity contribution in [1.82, 2.24) is 4.72 Å². The normalized spacial score (nSPS) is 14.5. The molecular formula is C9H20BrNO3S. The van der Waals surface area contributed by atoms with Gasteiger partial charge in [-0.25, -0.2) is 13.1 Å². The molecule has 0 saturated carbocycles. The lowest BCUT2D eigenvalue weighted by Crippen LogP contribution is -2.32. The van der Waals surface area contributed by atoms with E-state index in [0.29, 0.717) is 12.5 Å². The lowest BCUT2D eigenvalue weighted by Gasteiger charge is -2.11. The number of halogens is 1. The van der Waals surface area contributed by atoms with Gasteiger partial charge in [-0.15, -0.1) is 0 Å². The fourth-order valence-corrected chi connectivity index (χ4v) is 2.02. The molecule has 0 fully saturated rings. The summed E-state index contributed by atoms with van der Waals surface area (Å²) < 4.78 is 30.6. The minimum Gasteiger partial charge on any atom is -0.378 e. The molecule has 0 spiro atoms. The maximum absolute atomic E-state index is 11.4. The Kier molecular flexibility index (Phi) is 7.77. The van der Waals surface area contributed by atoms with Crippen molar-refractivity contribution < 1.29 is 13.2 Å². The number of sulfonamides is 1. The highest BCUT2D eigenvalue weighted by molar-refractivity contribution is 9.09. The highest BCUT2D eigenvalue weighted by Gasteiger charge is 2.11. The third kappa shape index (κ3) is 9.29. The van der Waals surface area contributed by atoms with Gasteiger partial charge in [-0.1, -0.05) is 22.9 Å². The van der Waals surface area contributed by atoms with Crippen LogP contribution in [-0.4, -0.2) is 38.8 Å². The third-order valence-electron chi connectivity index (χ3n) is 1.72. The van der Waals surface area contributed by atoms with E-state index in [2.05, 4.69) is 20.7 Å². The molecule has 6 heteroatoms. The van der Waals surface area contributed by atoms with Gasteiger partial charge < -0.3 is 4.74 Å². The molecule has 0 aliphatic carbocycles. The Morgan fingerprint density at radius 3 is 2.40 bits per heavy atom. The summed E-state index contributed by atoms with van der Waals surface area (Å²) in [6, 6.07) is 0. The average molecular weight is 302 g/mol. The molecule has 1 atom stereocenters. The Hall–Kier alpha value is 0.350. The molecule has 15 heavy (non-hydrogen) atoms. The number of rotatable bonds is 8. The van der Waals surface area contributed by atoms with Crippen LogP contribution in [-0.2, 0) is 14.8 Å². The Balaban J connectivity index is 3.78. The highest BCUT2D eigenvalue weighted by atomic mass is 79.9. The second kappa shape index (κ2) is 7.60. The zero-order chi connectivity index (χ0) is 11.9. The van der Waals surface area contributed by atoms with E-state index in [4.69, 9.17) is 4.74 Å². The van der Waals surface area contributed by atoms with E-state index in [9.17, 15) is 8.42 Å². The van der Waals surface area contributed by atoms with Crippen molar-refractivity contribution in [2.75, 3.05) is 24.2 Å². The van der Waals surface area contributed by atoms with E-state index in [1.54, 1.807) is 0 Å². The number of hydrogen-bond donors (Lipinski definition) is 1. The van der Waals surface area contributed by atoms with Crippen LogP contribution in [0.15, 0.2) is 0 Å². The summed E-state index contributed by atoms with van der Waals surface area (Å²) in [5, 5.41) is 0.790. The molecule has 0 heterocycles. The van der Waals surface area contributed by atoms with E-state index >= 15 is 0 Å². The van der Waals surface area contributed by atoms with Crippen molar-refractivity contribution in [3.05, 3.63) is 0 Å². The van der Waals surface area contributed by atoms with Crippen LogP contribution in [0, 0.1) is 5.92 Å². The van der Waals surface area contributed by atoms with Gasteiger partial charge in [0.15, 0.2) is 0 Å². The quantitative estimate of drug-likeness (QED) is 0.689. The highest BCUT2D eigenvalue weighted by Crippen LogP contribution is 1.99. The molecule has 4 nitrogen and oxygen atoms in total. The summed E-state index contributed by atoms with van der Waals surface area (Å²) in [6.07, 6.45) is 0.0710. The summed E-state index contributed by atoms with van der Waals surface area (Å²) in [4.78, 5) is 0. The van der Waals surface area contributed by atoms with Gasteiger partial charge in [-0.05, 0) is 19.8 Å². The summed E-state index contributed by atoms with van der Waals surface area (Å²) in [6.45, 7) is 6.45. The predicted molar refractivity (Wildman–Crippen MR) is 65.8 cm³/mol. The SMILES string of the molecule is CC(CBr)CNS(=O)(=O)CCOC(C)C. The van der Waals surface area contributed by atoms with Crippen LogP contribution in [0.1, 0.15) is 20.8 Å². The predicted octanol–water partition coefficient (Wildman–Crippen LogP) is 1.36. The standard InChI is InChI=1S/C9H20BrNO3S/c1-8(2)14-4-5-15(12,13)11-7-9(3)6-10/h8-9,11H,4-7H2,1-3H3. The first-order valence-electron chi connectivity index (χ1n) is 5.02. The second-order valence-electron chi connectivity index (χ2n) is 3.85. The fourth-order valence-electron chi connectivity index (χ4n) is 0.789. The van der Waals surface area contributed by atoms with Crippen LogP contribution in [0.4, 0.5) is 0 Å². The molecule has 0 aromatic rings. The van der Waals surface area contributed by atoms with E-state index < -0.39 is 10.0 Å². The molecule has 0 rings (SSSR count). The van der Waals surface area contributed by atoms with Crippen LogP contribution < -0.4 is 4.72 Å². The minimum atomic E-state index is -3.18. The van der Waals surface area contributed by atoms with Crippen LogP contribution in [0.25, 0.3) is 0 Å². The van der Waals surface area contributed by atoms with Gasteiger partial charge in [0.1, 0.15) is 0 Å². The van der Waals surface area contributed by atoms with Crippen molar-refractivity contribution in [2.45, 2.75) is 26.9 Å². The average Bonchev–Trinajstić information content (AvgIpc) is 2.13. The van der Waals surface area contributed by atoms with Gasteiger partial charge >= 0.3 is 0 Å². The van der Waals surface area contributed by atoms with Gasteiger partial charge in [0.05, 0.1) is 18.5 Å². The molecule has 1 unspecified atom stereocenters. The molecule has 0 aliphatic rings.